The monoisotopic (exact) mass is 335 g/mol. The van der Waals surface area contributed by atoms with Crippen LogP contribution in [0.5, 0.6) is 5.75 Å². The summed E-state index contributed by atoms with van der Waals surface area (Å²) in [6.07, 6.45) is 0. The fraction of sp³-hybridized carbons (Fsp3) is 0.200. The Kier molecular flexibility index (Phi) is 4.53. The number of hydrogen-bond acceptors (Lipinski definition) is 4. The smallest absolute Gasteiger partial charge is 0.325 e. The van der Waals surface area contributed by atoms with Gasteiger partial charge >= 0.3 is 5.97 Å². The van der Waals surface area contributed by atoms with E-state index in [4.69, 9.17) is 0 Å². The number of ether oxygens (including phenoxy) is 1. The standard InChI is InChI=1S/C10H10INO4/c1-16-9(14)5-12-10(15)6-2-3-7(11)8(13)4-6/h2-4,13H,5H2,1H3,(H,12,15). The molecule has 0 spiro atoms. The van der Waals surface area contributed by atoms with Crippen molar-refractivity contribution in [2.75, 3.05) is 13.7 Å². The molecule has 1 aromatic carbocycles. The van der Waals surface area contributed by atoms with Crippen molar-refractivity contribution in [3.8, 4) is 5.75 Å². The summed E-state index contributed by atoms with van der Waals surface area (Å²) in [6, 6.07) is 4.52. The van der Waals surface area contributed by atoms with E-state index in [9.17, 15) is 14.7 Å². The van der Waals surface area contributed by atoms with Crippen molar-refractivity contribution in [2.24, 2.45) is 0 Å². The lowest BCUT2D eigenvalue weighted by molar-refractivity contribution is -0.139. The maximum absolute atomic E-state index is 11.5. The van der Waals surface area contributed by atoms with Crippen LogP contribution in [0.3, 0.4) is 0 Å². The minimum Gasteiger partial charge on any atom is -0.507 e. The molecule has 0 radical (unpaired) electrons. The zero-order chi connectivity index (χ0) is 12.1. The number of benzene rings is 1. The number of aromatic hydroxyl groups is 1. The van der Waals surface area contributed by atoms with Crippen LogP contribution in [0, 0.1) is 3.57 Å². The van der Waals surface area contributed by atoms with Gasteiger partial charge in [-0.3, -0.25) is 9.59 Å². The van der Waals surface area contributed by atoms with Gasteiger partial charge in [-0.25, -0.2) is 0 Å². The minimum absolute atomic E-state index is 0.0336. The van der Waals surface area contributed by atoms with Gasteiger partial charge in [0.15, 0.2) is 0 Å². The Hall–Kier alpha value is -1.31. The van der Waals surface area contributed by atoms with Crippen LogP contribution < -0.4 is 5.32 Å². The van der Waals surface area contributed by atoms with Crippen LogP contribution in [0.25, 0.3) is 0 Å². The number of phenols is 1. The minimum atomic E-state index is -0.525. The number of carbonyl (C=O) groups excluding carboxylic acids is 2. The van der Waals surface area contributed by atoms with Gasteiger partial charge in [0.25, 0.3) is 5.91 Å². The van der Waals surface area contributed by atoms with E-state index < -0.39 is 11.9 Å². The lowest BCUT2D eigenvalue weighted by Crippen LogP contribution is -2.30. The van der Waals surface area contributed by atoms with Gasteiger partial charge in [0.2, 0.25) is 0 Å². The topological polar surface area (TPSA) is 75.6 Å². The summed E-state index contributed by atoms with van der Waals surface area (Å²) >= 11 is 1.95. The number of esters is 1. The predicted octanol–water partition coefficient (Wildman–Crippen LogP) is 0.900. The molecular formula is C10H10INO4. The molecule has 1 amide bonds. The molecule has 0 bridgehead atoms. The van der Waals surface area contributed by atoms with Gasteiger partial charge < -0.3 is 15.2 Å². The third-order valence-corrected chi connectivity index (χ3v) is 2.74. The summed E-state index contributed by atoms with van der Waals surface area (Å²) in [6.45, 7) is -0.192. The largest absolute Gasteiger partial charge is 0.507 e. The van der Waals surface area contributed by atoms with E-state index in [1.165, 1.54) is 13.2 Å². The molecule has 1 aromatic rings. The van der Waals surface area contributed by atoms with Crippen LogP contribution in [0.15, 0.2) is 18.2 Å². The number of hydrogen-bond donors (Lipinski definition) is 2. The van der Waals surface area contributed by atoms with Gasteiger partial charge in [0.1, 0.15) is 12.3 Å². The third kappa shape index (κ3) is 3.37. The van der Waals surface area contributed by atoms with Gasteiger partial charge in [-0.2, -0.15) is 0 Å². The van der Waals surface area contributed by atoms with E-state index >= 15 is 0 Å². The zero-order valence-corrected chi connectivity index (χ0v) is 10.6. The number of nitrogens with one attached hydrogen (secondary N) is 1. The third-order valence-electron chi connectivity index (χ3n) is 1.83. The maximum atomic E-state index is 11.5. The molecule has 2 N–H and O–H groups in total. The molecular weight excluding hydrogens is 325 g/mol. The highest BCUT2D eigenvalue weighted by Crippen LogP contribution is 2.20. The fourth-order valence-corrected chi connectivity index (χ4v) is 1.32. The van der Waals surface area contributed by atoms with Crippen LogP contribution in [0.4, 0.5) is 0 Å². The van der Waals surface area contributed by atoms with Crippen LogP contribution in [0.1, 0.15) is 10.4 Å². The van der Waals surface area contributed by atoms with Crippen molar-refractivity contribution in [1.82, 2.24) is 5.32 Å². The van der Waals surface area contributed by atoms with E-state index in [1.54, 1.807) is 12.1 Å². The van der Waals surface area contributed by atoms with Crippen molar-refractivity contribution in [3.05, 3.63) is 27.3 Å². The van der Waals surface area contributed by atoms with Gasteiger partial charge in [0, 0.05) is 5.56 Å². The Balaban J connectivity index is 2.66. The van der Waals surface area contributed by atoms with E-state index in [1.807, 2.05) is 22.6 Å². The maximum Gasteiger partial charge on any atom is 0.325 e. The van der Waals surface area contributed by atoms with Gasteiger partial charge in [-0.1, -0.05) is 0 Å². The number of amides is 1. The van der Waals surface area contributed by atoms with E-state index in [-0.39, 0.29) is 12.3 Å². The molecule has 0 fully saturated rings. The highest BCUT2D eigenvalue weighted by Gasteiger charge is 2.09. The molecule has 5 nitrogen and oxygen atoms in total. The summed E-state index contributed by atoms with van der Waals surface area (Å²) in [5.41, 5.74) is 0.293. The summed E-state index contributed by atoms with van der Waals surface area (Å²) in [5, 5.41) is 11.8. The van der Waals surface area contributed by atoms with Crippen molar-refractivity contribution in [1.29, 1.82) is 0 Å². The SMILES string of the molecule is COC(=O)CNC(=O)c1ccc(I)c(O)c1. The quantitative estimate of drug-likeness (QED) is 0.636. The second kappa shape index (κ2) is 5.69. The molecule has 0 aliphatic rings. The number of rotatable bonds is 3. The molecule has 16 heavy (non-hydrogen) atoms. The Labute approximate surface area is 106 Å². The van der Waals surface area contributed by atoms with E-state index in [2.05, 4.69) is 10.1 Å². The van der Waals surface area contributed by atoms with Crippen LogP contribution in [-0.2, 0) is 9.53 Å². The molecule has 0 saturated carbocycles. The lowest BCUT2D eigenvalue weighted by Gasteiger charge is -2.04. The van der Waals surface area contributed by atoms with E-state index in [0.29, 0.717) is 9.13 Å². The molecule has 0 aliphatic carbocycles. The van der Waals surface area contributed by atoms with E-state index in [0.717, 1.165) is 0 Å². The first-order valence-electron chi connectivity index (χ1n) is 4.38. The van der Waals surface area contributed by atoms with Gasteiger partial charge in [-0.15, -0.1) is 0 Å². The Morgan fingerprint density at radius 3 is 2.75 bits per heavy atom. The highest BCUT2D eigenvalue weighted by molar-refractivity contribution is 14.1. The second-order valence-corrected chi connectivity index (χ2v) is 4.09. The summed E-state index contributed by atoms with van der Waals surface area (Å²) < 4.78 is 5.03. The van der Waals surface area contributed by atoms with Gasteiger partial charge in [-0.05, 0) is 40.8 Å². The number of methoxy groups -OCH3 is 1. The van der Waals surface area contributed by atoms with Crippen molar-refractivity contribution in [3.63, 3.8) is 0 Å². The van der Waals surface area contributed by atoms with Crippen LogP contribution >= 0.6 is 22.6 Å². The van der Waals surface area contributed by atoms with Crippen molar-refractivity contribution >= 4 is 34.5 Å². The van der Waals surface area contributed by atoms with Crippen molar-refractivity contribution < 1.29 is 19.4 Å². The van der Waals surface area contributed by atoms with Gasteiger partial charge in [0.05, 0.1) is 10.7 Å². The van der Waals surface area contributed by atoms with Crippen molar-refractivity contribution in [2.45, 2.75) is 0 Å². The fourth-order valence-electron chi connectivity index (χ4n) is 0.981. The first-order chi connectivity index (χ1) is 7.54. The molecule has 0 unspecified atom stereocenters. The normalized spacial score (nSPS) is 9.62. The highest BCUT2D eigenvalue weighted by atomic mass is 127. The Morgan fingerprint density at radius 1 is 1.50 bits per heavy atom. The molecule has 0 heterocycles. The molecule has 6 heteroatoms. The number of phenolic OH excluding ortho intramolecular Hbond substituents is 1. The molecule has 1 rings (SSSR count). The first kappa shape index (κ1) is 12.8. The average Bonchev–Trinajstić information content (AvgIpc) is 2.29. The molecule has 0 saturated heterocycles. The summed E-state index contributed by atoms with van der Waals surface area (Å²) in [4.78, 5) is 22.3. The van der Waals surface area contributed by atoms with Crippen LogP contribution in [0.2, 0.25) is 0 Å². The average molecular weight is 335 g/mol. The molecule has 86 valence electrons. The predicted molar refractivity (Wildman–Crippen MR) is 65.2 cm³/mol. The summed E-state index contributed by atoms with van der Waals surface area (Å²) in [7, 11) is 1.24. The first-order valence-corrected chi connectivity index (χ1v) is 5.46. The summed E-state index contributed by atoms with van der Waals surface area (Å²) in [5.74, 6) is -0.925. The number of halogens is 1. The Bertz CT molecular complexity index is 419. The second-order valence-electron chi connectivity index (χ2n) is 2.93. The number of carbonyl (C=O) groups is 2. The lowest BCUT2D eigenvalue weighted by atomic mass is 10.2. The molecule has 0 aromatic heterocycles. The molecule has 0 aliphatic heterocycles. The zero-order valence-electron chi connectivity index (χ0n) is 8.49. The van der Waals surface area contributed by atoms with Crippen LogP contribution in [-0.4, -0.2) is 30.6 Å². The Morgan fingerprint density at radius 2 is 2.19 bits per heavy atom. The molecule has 0 atom stereocenters.